The van der Waals surface area contributed by atoms with Gasteiger partial charge in [-0.05, 0) is 48.2 Å². The van der Waals surface area contributed by atoms with E-state index in [0.29, 0.717) is 13.2 Å². The van der Waals surface area contributed by atoms with E-state index in [-0.39, 0.29) is 6.79 Å². The maximum Gasteiger partial charge on any atom is 0.248 e. The van der Waals surface area contributed by atoms with Crippen LogP contribution in [-0.4, -0.2) is 30.6 Å². The predicted molar refractivity (Wildman–Crippen MR) is 92.2 cm³/mol. The molecule has 0 aliphatic carbocycles. The molecule has 1 atom stereocenters. The minimum atomic E-state index is -1.89. The van der Waals surface area contributed by atoms with Gasteiger partial charge >= 0.3 is 0 Å². The van der Waals surface area contributed by atoms with Crippen LogP contribution in [0.15, 0.2) is 42.5 Å². The third-order valence-electron chi connectivity index (χ3n) is 3.15. The van der Waals surface area contributed by atoms with E-state index in [4.69, 9.17) is 14.2 Å². The summed E-state index contributed by atoms with van der Waals surface area (Å²) >= 11 is 5.99. The van der Waals surface area contributed by atoms with Crippen LogP contribution in [-0.2, 0) is 14.2 Å². The van der Waals surface area contributed by atoms with E-state index in [2.05, 4.69) is 31.9 Å². The molecule has 0 aromatic heterocycles. The average Bonchev–Trinajstić information content (AvgIpc) is 2.49. The van der Waals surface area contributed by atoms with Crippen LogP contribution in [0, 0.1) is 0 Å². The number of benzene rings is 2. The number of halogens is 3. The molecule has 3 nitrogen and oxygen atoms in total. The van der Waals surface area contributed by atoms with E-state index in [1.54, 1.807) is 7.11 Å². The third kappa shape index (κ3) is 4.73. The summed E-state index contributed by atoms with van der Waals surface area (Å²) in [6.45, 7) is 0.828. The number of ether oxygens (including phenoxy) is 3. The van der Waals surface area contributed by atoms with Gasteiger partial charge in [-0.3, -0.25) is 0 Å². The largest absolute Gasteiger partial charge is 0.382 e. The molecule has 0 radical (unpaired) electrons. The van der Waals surface area contributed by atoms with E-state index in [9.17, 15) is 4.39 Å². The van der Waals surface area contributed by atoms with Crippen molar-refractivity contribution >= 4 is 42.6 Å². The van der Waals surface area contributed by atoms with Crippen LogP contribution in [0.5, 0.6) is 0 Å². The van der Waals surface area contributed by atoms with E-state index < -0.39 is 9.59 Å². The van der Waals surface area contributed by atoms with Crippen molar-refractivity contribution in [1.29, 1.82) is 0 Å². The molecule has 0 N–H and O–H groups in total. The first kappa shape index (κ1) is 17.8. The monoisotopic (exact) mass is 434 g/mol. The molecular weight excluding hydrogens is 419 g/mol. The molecular formula is C16H17Br2FO3. The number of hydrogen-bond acceptors (Lipinski definition) is 3. The number of hydrogen-bond donors (Lipinski definition) is 0. The Hall–Kier alpha value is -0.530. The molecule has 2 rings (SSSR count). The molecule has 0 aliphatic heterocycles. The smallest absolute Gasteiger partial charge is 0.248 e. The van der Waals surface area contributed by atoms with E-state index >= 15 is 0 Å². The van der Waals surface area contributed by atoms with Crippen LogP contribution in [0.4, 0.5) is 4.39 Å². The first-order valence-corrected chi connectivity index (χ1v) is 8.35. The standard InChI is InChI=1S/C16H17Br2FO3/c1-20-9-10-21-11-22-15(16(17,18)19)14-8-4-6-12-5-2-3-7-13(12)14/h2-8,15H,9-11H2,1H3. The van der Waals surface area contributed by atoms with Gasteiger partial charge in [-0.1, -0.05) is 42.5 Å². The highest BCUT2D eigenvalue weighted by Gasteiger charge is 2.37. The summed E-state index contributed by atoms with van der Waals surface area (Å²) in [7, 11) is 1.59. The van der Waals surface area contributed by atoms with Crippen molar-refractivity contribution in [2.75, 3.05) is 27.1 Å². The Morgan fingerprint density at radius 2 is 1.82 bits per heavy atom. The van der Waals surface area contributed by atoms with Crippen LogP contribution in [0.1, 0.15) is 11.7 Å². The lowest BCUT2D eigenvalue weighted by atomic mass is 10.0. The second-order valence-electron chi connectivity index (χ2n) is 4.68. The van der Waals surface area contributed by atoms with Gasteiger partial charge in [0.15, 0.2) is 0 Å². The minimum absolute atomic E-state index is 0.0277. The molecule has 6 heteroatoms. The molecule has 0 bridgehead atoms. The summed E-state index contributed by atoms with van der Waals surface area (Å²) in [6, 6.07) is 13.5. The molecule has 0 saturated carbocycles. The second kappa shape index (κ2) is 8.36. The maximum atomic E-state index is 14.5. The highest BCUT2D eigenvalue weighted by Crippen LogP contribution is 2.45. The summed E-state index contributed by atoms with van der Waals surface area (Å²) in [5.74, 6) is 0. The Bertz CT molecular complexity index is 596. The lowest BCUT2D eigenvalue weighted by Gasteiger charge is -2.25. The molecule has 22 heavy (non-hydrogen) atoms. The fourth-order valence-electron chi connectivity index (χ4n) is 2.16. The first-order valence-electron chi connectivity index (χ1n) is 6.76. The zero-order valence-electron chi connectivity index (χ0n) is 12.1. The first-order chi connectivity index (χ1) is 10.5. The fourth-order valence-corrected chi connectivity index (χ4v) is 2.91. The zero-order chi connectivity index (χ0) is 16.0. The lowest BCUT2D eigenvalue weighted by molar-refractivity contribution is -0.110. The molecule has 0 spiro atoms. The van der Waals surface area contributed by atoms with Crippen molar-refractivity contribution in [2.45, 2.75) is 9.59 Å². The molecule has 0 amide bonds. The van der Waals surface area contributed by atoms with Crippen LogP contribution in [0.25, 0.3) is 10.8 Å². The van der Waals surface area contributed by atoms with Gasteiger partial charge in [0.2, 0.25) is 3.49 Å². The van der Waals surface area contributed by atoms with Crippen molar-refractivity contribution in [3.8, 4) is 0 Å². The number of fused-ring (bicyclic) bond motifs is 1. The van der Waals surface area contributed by atoms with Gasteiger partial charge in [0.05, 0.1) is 13.2 Å². The molecule has 0 fully saturated rings. The summed E-state index contributed by atoms with van der Waals surface area (Å²) < 4.78 is 28.3. The number of rotatable bonds is 8. The van der Waals surface area contributed by atoms with E-state index in [1.165, 1.54) is 0 Å². The van der Waals surface area contributed by atoms with Gasteiger partial charge in [-0.2, -0.15) is 0 Å². The van der Waals surface area contributed by atoms with Crippen LogP contribution >= 0.6 is 31.9 Å². The highest BCUT2D eigenvalue weighted by atomic mass is 79.9. The van der Waals surface area contributed by atoms with Gasteiger partial charge < -0.3 is 14.2 Å². The predicted octanol–water partition coefficient (Wildman–Crippen LogP) is 4.93. The van der Waals surface area contributed by atoms with Crippen molar-refractivity contribution in [1.82, 2.24) is 0 Å². The van der Waals surface area contributed by atoms with Crippen molar-refractivity contribution < 1.29 is 18.6 Å². The zero-order valence-corrected chi connectivity index (χ0v) is 15.3. The Kier molecular flexibility index (Phi) is 6.77. The second-order valence-corrected chi connectivity index (χ2v) is 8.05. The maximum absolute atomic E-state index is 14.5. The Labute approximate surface area is 146 Å². The van der Waals surface area contributed by atoms with Gasteiger partial charge in [-0.15, -0.1) is 0 Å². The van der Waals surface area contributed by atoms with Crippen LogP contribution in [0.3, 0.4) is 0 Å². The van der Waals surface area contributed by atoms with Gasteiger partial charge in [0.1, 0.15) is 12.9 Å². The van der Waals surface area contributed by atoms with Gasteiger partial charge in [0.25, 0.3) is 0 Å². The summed E-state index contributed by atoms with van der Waals surface area (Å²) in [6.07, 6.45) is -0.860. The Morgan fingerprint density at radius 1 is 1.09 bits per heavy atom. The Morgan fingerprint density at radius 3 is 2.55 bits per heavy atom. The Balaban J connectivity index is 2.21. The van der Waals surface area contributed by atoms with Gasteiger partial charge in [0, 0.05) is 7.11 Å². The molecule has 2 aromatic carbocycles. The number of alkyl halides is 3. The quantitative estimate of drug-likeness (QED) is 0.334. The molecule has 120 valence electrons. The van der Waals surface area contributed by atoms with Gasteiger partial charge in [-0.25, -0.2) is 4.39 Å². The average molecular weight is 436 g/mol. The van der Waals surface area contributed by atoms with Crippen molar-refractivity contribution in [2.24, 2.45) is 0 Å². The summed E-state index contributed by atoms with van der Waals surface area (Å²) in [4.78, 5) is 0. The molecule has 0 heterocycles. The lowest BCUT2D eigenvalue weighted by Crippen LogP contribution is -2.22. The van der Waals surface area contributed by atoms with Crippen LogP contribution < -0.4 is 0 Å². The summed E-state index contributed by atoms with van der Waals surface area (Å²) in [5.41, 5.74) is 0.740. The molecule has 1 unspecified atom stereocenters. The van der Waals surface area contributed by atoms with E-state index in [1.807, 2.05) is 42.5 Å². The van der Waals surface area contributed by atoms with E-state index in [0.717, 1.165) is 16.3 Å². The third-order valence-corrected chi connectivity index (χ3v) is 3.98. The van der Waals surface area contributed by atoms with Crippen molar-refractivity contribution in [3.63, 3.8) is 0 Å². The van der Waals surface area contributed by atoms with Crippen LogP contribution in [0.2, 0.25) is 0 Å². The topological polar surface area (TPSA) is 27.7 Å². The molecule has 0 aliphatic rings. The van der Waals surface area contributed by atoms with Crippen molar-refractivity contribution in [3.05, 3.63) is 48.0 Å². The normalized spacial score (nSPS) is 13.5. The SMILES string of the molecule is COCCOCOC(c1cccc2ccccc12)C(F)(Br)Br. The minimum Gasteiger partial charge on any atom is -0.382 e. The number of methoxy groups -OCH3 is 1. The summed E-state index contributed by atoms with van der Waals surface area (Å²) in [5, 5.41) is 1.96. The highest BCUT2D eigenvalue weighted by molar-refractivity contribution is 9.25. The molecule has 0 saturated heterocycles. The molecule has 2 aromatic rings. The fraction of sp³-hybridized carbons (Fsp3) is 0.375.